The van der Waals surface area contributed by atoms with Gasteiger partial charge in [-0.15, -0.1) is 0 Å². The predicted octanol–water partition coefficient (Wildman–Crippen LogP) is 4.71. The number of benzene rings is 1. The molecule has 1 fully saturated rings. The Hall–Kier alpha value is -1.22. The summed E-state index contributed by atoms with van der Waals surface area (Å²) in [6.45, 7) is 6.85. The number of amides is 1. The lowest BCUT2D eigenvalue weighted by Crippen LogP contribution is -2.31. The molecule has 1 aromatic rings. The molecule has 21 heavy (non-hydrogen) atoms. The van der Waals surface area contributed by atoms with Crippen molar-refractivity contribution >= 4 is 28.9 Å². The van der Waals surface area contributed by atoms with E-state index in [-0.39, 0.29) is 11.8 Å². The zero-order valence-electron chi connectivity index (χ0n) is 13.1. The summed E-state index contributed by atoms with van der Waals surface area (Å²) in [5.41, 5.74) is 7.24. The molecule has 0 aromatic heterocycles. The topological polar surface area (TPSA) is 55.1 Å². The third-order valence-corrected chi connectivity index (χ3v) is 4.89. The second-order valence-electron chi connectivity index (χ2n) is 7.14. The van der Waals surface area contributed by atoms with Gasteiger partial charge in [0.05, 0.1) is 10.7 Å². The van der Waals surface area contributed by atoms with E-state index in [1.54, 1.807) is 18.2 Å². The maximum absolute atomic E-state index is 12.4. The van der Waals surface area contributed by atoms with Crippen LogP contribution in [0.1, 0.15) is 46.5 Å². The lowest BCUT2D eigenvalue weighted by atomic mass is 9.69. The van der Waals surface area contributed by atoms with Crippen molar-refractivity contribution in [3.8, 4) is 0 Å². The molecule has 1 aromatic carbocycles. The van der Waals surface area contributed by atoms with Crippen LogP contribution in [-0.4, -0.2) is 5.91 Å². The lowest BCUT2D eigenvalue weighted by molar-refractivity contribution is -0.121. The molecular formula is C17H25ClN2O. The number of rotatable bonds is 2. The minimum absolute atomic E-state index is 0.0778. The molecule has 0 unspecified atom stereocenters. The number of carbonyl (C=O) groups excluding carboxylic acids is 1. The Kier molecular flexibility index (Phi) is 4.82. The number of nitrogens with two attached hydrogens (primary N) is 1. The van der Waals surface area contributed by atoms with Gasteiger partial charge in [-0.05, 0) is 55.2 Å². The van der Waals surface area contributed by atoms with Gasteiger partial charge in [-0.2, -0.15) is 0 Å². The van der Waals surface area contributed by atoms with Crippen LogP contribution in [0.2, 0.25) is 5.02 Å². The van der Waals surface area contributed by atoms with Crippen molar-refractivity contribution in [2.24, 2.45) is 17.3 Å². The van der Waals surface area contributed by atoms with Gasteiger partial charge in [0.15, 0.2) is 0 Å². The Morgan fingerprint density at radius 2 is 1.86 bits per heavy atom. The fraction of sp³-hybridized carbons (Fsp3) is 0.588. The molecule has 2 rings (SSSR count). The number of nitrogen functional groups attached to an aromatic ring is 1. The van der Waals surface area contributed by atoms with Crippen LogP contribution >= 0.6 is 11.6 Å². The van der Waals surface area contributed by atoms with Gasteiger partial charge >= 0.3 is 0 Å². The van der Waals surface area contributed by atoms with Crippen LogP contribution in [0.4, 0.5) is 11.4 Å². The molecular weight excluding hydrogens is 284 g/mol. The van der Waals surface area contributed by atoms with Crippen molar-refractivity contribution in [3.63, 3.8) is 0 Å². The molecule has 116 valence electrons. The summed E-state index contributed by atoms with van der Waals surface area (Å²) >= 11 is 6.10. The summed E-state index contributed by atoms with van der Waals surface area (Å²) in [5, 5.41) is 3.43. The van der Waals surface area contributed by atoms with Gasteiger partial charge in [-0.25, -0.2) is 0 Å². The van der Waals surface area contributed by atoms with Crippen molar-refractivity contribution in [1.82, 2.24) is 0 Å². The third kappa shape index (κ3) is 4.13. The summed E-state index contributed by atoms with van der Waals surface area (Å²) in [6.07, 6.45) is 4.16. The van der Waals surface area contributed by atoms with Crippen molar-refractivity contribution in [1.29, 1.82) is 0 Å². The van der Waals surface area contributed by atoms with Gasteiger partial charge < -0.3 is 11.1 Å². The molecule has 0 bridgehead atoms. The van der Waals surface area contributed by atoms with Crippen LogP contribution in [0, 0.1) is 17.3 Å². The quantitative estimate of drug-likeness (QED) is 0.777. The summed E-state index contributed by atoms with van der Waals surface area (Å²) in [7, 11) is 0. The van der Waals surface area contributed by atoms with Gasteiger partial charge in [-0.3, -0.25) is 4.79 Å². The predicted molar refractivity (Wildman–Crippen MR) is 89.4 cm³/mol. The molecule has 0 aliphatic heterocycles. The molecule has 1 saturated carbocycles. The second-order valence-corrected chi connectivity index (χ2v) is 7.55. The van der Waals surface area contributed by atoms with E-state index in [1.807, 2.05) is 0 Å². The maximum Gasteiger partial charge on any atom is 0.227 e. The van der Waals surface area contributed by atoms with Gasteiger partial charge in [0.1, 0.15) is 0 Å². The van der Waals surface area contributed by atoms with Crippen LogP contribution in [0.25, 0.3) is 0 Å². The zero-order valence-corrected chi connectivity index (χ0v) is 13.8. The molecule has 0 atom stereocenters. The molecule has 0 spiro atoms. The van der Waals surface area contributed by atoms with E-state index in [4.69, 9.17) is 17.3 Å². The first-order valence-corrected chi connectivity index (χ1v) is 8.01. The first-order chi connectivity index (χ1) is 9.77. The number of hydrogen-bond acceptors (Lipinski definition) is 2. The Labute approximate surface area is 132 Å². The fourth-order valence-corrected chi connectivity index (χ4v) is 3.33. The van der Waals surface area contributed by atoms with Crippen LogP contribution < -0.4 is 11.1 Å². The monoisotopic (exact) mass is 308 g/mol. The molecule has 1 amide bonds. The van der Waals surface area contributed by atoms with Gasteiger partial charge in [0.2, 0.25) is 5.91 Å². The van der Waals surface area contributed by atoms with Crippen LogP contribution in [-0.2, 0) is 4.79 Å². The number of hydrogen-bond donors (Lipinski definition) is 2. The summed E-state index contributed by atoms with van der Waals surface area (Å²) < 4.78 is 0. The molecule has 3 nitrogen and oxygen atoms in total. The van der Waals surface area contributed by atoms with E-state index >= 15 is 0 Å². The Morgan fingerprint density at radius 3 is 2.38 bits per heavy atom. The SMILES string of the molecule is CC(C)(C)C1CCC(C(=O)Nc2ccc(N)cc2Cl)CC1. The smallest absolute Gasteiger partial charge is 0.227 e. The summed E-state index contributed by atoms with van der Waals surface area (Å²) in [5.74, 6) is 0.882. The molecule has 0 radical (unpaired) electrons. The second kappa shape index (κ2) is 6.27. The third-order valence-electron chi connectivity index (χ3n) is 4.57. The molecule has 0 heterocycles. The highest BCUT2D eigenvalue weighted by molar-refractivity contribution is 6.34. The van der Waals surface area contributed by atoms with Crippen molar-refractivity contribution < 1.29 is 4.79 Å². The molecule has 3 N–H and O–H groups in total. The Morgan fingerprint density at radius 1 is 1.24 bits per heavy atom. The average molecular weight is 309 g/mol. The fourth-order valence-electron chi connectivity index (χ4n) is 3.09. The van der Waals surface area contributed by atoms with Crippen molar-refractivity contribution in [2.75, 3.05) is 11.1 Å². The first kappa shape index (κ1) is 16.2. The molecule has 1 aliphatic rings. The Bertz CT molecular complexity index is 514. The van der Waals surface area contributed by atoms with Crippen molar-refractivity contribution in [3.05, 3.63) is 23.2 Å². The van der Waals surface area contributed by atoms with Gasteiger partial charge in [-0.1, -0.05) is 32.4 Å². The number of halogens is 1. The number of nitrogens with one attached hydrogen (secondary N) is 1. The maximum atomic E-state index is 12.4. The molecule has 1 aliphatic carbocycles. The standard InChI is InChI=1S/C17H25ClN2O/c1-17(2,3)12-6-4-11(5-7-12)16(21)20-15-9-8-13(19)10-14(15)18/h8-12H,4-7,19H2,1-3H3,(H,20,21). The highest BCUT2D eigenvalue weighted by Crippen LogP contribution is 2.40. The number of carbonyl (C=O) groups is 1. The van der Waals surface area contributed by atoms with Gasteiger partial charge in [0.25, 0.3) is 0 Å². The van der Waals surface area contributed by atoms with E-state index in [9.17, 15) is 4.79 Å². The lowest BCUT2D eigenvalue weighted by Gasteiger charge is -2.36. The van der Waals surface area contributed by atoms with E-state index in [0.29, 0.717) is 27.7 Å². The largest absolute Gasteiger partial charge is 0.399 e. The van der Waals surface area contributed by atoms with E-state index in [2.05, 4.69) is 26.1 Å². The minimum atomic E-state index is 0.0778. The first-order valence-electron chi connectivity index (χ1n) is 7.63. The van der Waals surface area contributed by atoms with Crippen LogP contribution in [0.3, 0.4) is 0 Å². The molecule has 0 saturated heterocycles. The van der Waals surface area contributed by atoms with Crippen LogP contribution in [0.15, 0.2) is 18.2 Å². The zero-order chi connectivity index (χ0) is 15.6. The number of anilines is 2. The molecule has 4 heteroatoms. The highest BCUT2D eigenvalue weighted by atomic mass is 35.5. The van der Waals surface area contributed by atoms with Gasteiger partial charge in [0, 0.05) is 11.6 Å². The summed E-state index contributed by atoms with van der Waals surface area (Å²) in [4.78, 5) is 12.4. The minimum Gasteiger partial charge on any atom is -0.399 e. The van der Waals surface area contributed by atoms with E-state index in [1.165, 1.54) is 0 Å². The summed E-state index contributed by atoms with van der Waals surface area (Å²) in [6, 6.07) is 5.17. The normalized spacial score (nSPS) is 22.9. The Balaban J connectivity index is 1.93. The van der Waals surface area contributed by atoms with E-state index < -0.39 is 0 Å². The highest BCUT2D eigenvalue weighted by Gasteiger charge is 2.32. The van der Waals surface area contributed by atoms with E-state index in [0.717, 1.165) is 25.7 Å². The average Bonchev–Trinajstić information content (AvgIpc) is 2.41. The van der Waals surface area contributed by atoms with Crippen LogP contribution in [0.5, 0.6) is 0 Å². The van der Waals surface area contributed by atoms with Crippen molar-refractivity contribution in [2.45, 2.75) is 46.5 Å².